The summed E-state index contributed by atoms with van der Waals surface area (Å²) in [6, 6.07) is 11.3. The fraction of sp³-hybridized carbons (Fsp3) is 0.625. The van der Waals surface area contributed by atoms with Gasteiger partial charge in [-0.05, 0) is 25.3 Å². The third-order valence-electron chi connectivity index (χ3n) is 4.66. The second-order valence-electron chi connectivity index (χ2n) is 5.57. The second kappa shape index (κ2) is 5.85. The zero-order chi connectivity index (χ0) is 13.0. The van der Waals surface area contributed by atoms with Gasteiger partial charge in [-0.2, -0.15) is 0 Å². The van der Waals surface area contributed by atoms with Crippen molar-refractivity contribution < 1.29 is 0 Å². The zero-order valence-electron chi connectivity index (χ0n) is 11.9. The van der Waals surface area contributed by atoms with Crippen LogP contribution in [-0.4, -0.2) is 30.1 Å². The summed E-state index contributed by atoms with van der Waals surface area (Å²) in [5.74, 6) is 0. The number of rotatable bonds is 4. The Bertz CT molecular complexity index is 357. The van der Waals surface area contributed by atoms with Crippen LogP contribution >= 0.6 is 0 Å². The van der Waals surface area contributed by atoms with Gasteiger partial charge in [0.05, 0.1) is 0 Å². The highest BCUT2D eigenvalue weighted by Gasteiger charge is 2.32. The summed E-state index contributed by atoms with van der Waals surface area (Å²) in [6.07, 6.45) is 2.45. The van der Waals surface area contributed by atoms with E-state index in [1.807, 2.05) is 0 Å². The third-order valence-corrected chi connectivity index (χ3v) is 4.66. The molecule has 1 saturated heterocycles. The highest BCUT2D eigenvalue weighted by molar-refractivity contribution is 5.20. The molecule has 2 heteroatoms. The van der Waals surface area contributed by atoms with Crippen LogP contribution in [0.2, 0.25) is 0 Å². The van der Waals surface area contributed by atoms with E-state index >= 15 is 0 Å². The van der Waals surface area contributed by atoms with Gasteiger partial charge in [0.1, 0.15) is 0 Å². The Kier molecular flexibility index (Phi) is 4.41. The Hall–Kier alpha value is -0.860. The van der Waals surface area contributed by atoms with E-state index in [4.69, 9.17) is 0 Å². The molecule has 1 aliphatic rings. The van der Waals surface area contributed by atoms with Gasteiger partial charge in [0.15, 0.2) is 0 Å². The molecular formula is C16H26N2. The van der Waals surface area contributed by atoms with Crippen LogP contribution in [0.1, 0.15) is 45.2 Å². The molecule has 100 valence electrons. The number of nitrogens with zero attached hydrogens (tertiary/aromatic N) is 1. The monoisotopic (exact) mass is 246 g/mol. The first-order chi connectivity index (χ1) is 8.69. The largest absolute Gasteiger partial charge is 0.308 e. The van der Waals surface area contributed by atoms with Gasteiger partial charge in [-0.3, -0.25) is 4.90 Å². The van der Waals surface area contributed by atoms with Gasteiger partial charge in [-0.15, -0.1) is 0 Å². The van der Waals surface area contributed by atoms with Crippen LogP contribution in [0.4, 0.5) is 0 Å². The van der Waals surface area contributed by atoms with Gasteiger partial charge < -0.3 is 5.32 Å². The minimum atomic E-state index is 0.356. The van der Waals surface area contributed by atoms with Crippen molar-refractivity contribution in [2.75, 3.05) is 19.6 Å². The smallest absolute Gasteiger partial charge is 0.0449 e. The van der Waals surface area contributed by atoms with Crippen molar-refractivity contribution in [3.8, 4) is 0 Å². The van der Waals surface area contributed by atoms with Gasteiger partial charge in [0, 0.05) is 31.2 Å². The molecule has 0 radical (unpaired) electrons. The number of hydrogen-bond acceptors (Lipinski definition) is 2. The Balaban J connectivity index is 2.09. The fourth-order valence-corrected chi connectivity index (χ4v) is 2.85. The zero-order valence-corrected chi connectivity index (χ0v) is 11.9. The van der Waals surface area contributed by atoms with E-state index in [2.05, 4.69) is 61.3 Å². The molecule has 1 N–H and O–H groups in total. The Morgan fingerprint density at radius 3 is 2.50 bits per heavy atom. The number of benzene rings is 1. The van der Waals surface area contributed by atoms with Gasteiger partial charge in [-0.1, -0.05) is 44.2 Å². The Labute approximate surface area is 111 Å². The molecule has 1 aromatic rings. The normalized spacial score (nSPS) is 22.1. The van der Waals surface area contributed by atoms with Crippen molar-refractivity contribution >= 4 is 0 Å². The molecule has 1 aromatic carbocycles. The van der Waals surface area contributed by atoms with E-state index in [-0.39, 0.29) is 0 Å². The molecule has 2 nitrogen and oxygen atoms in total. The van der Waals surface area contributed by atoms with E-state index in [9.17, 15) is 0 Å². The lowest BCUT2D eigenvalue weighted by Gasteiger charge is -2.45. The standard InChI is InChI=1S/C16H26N2/c1-4-16(3,5-2)18-12-11-17-15(13-18)14-9-7-6-8-10-14/h6-10,15,17H,4-5,11-13H2,1-3H3. The third kappa shape index (κ3) is 2.76. The lowest BCUT2D eigenvalue weighted by Crippen LogP contribution is -2.55. The lowest BCUT2D eigenvalue weighted by molar-refractivity contribution is 0.0619. The summed E-state index contributed by atoms with van der Waals surface area (Å²) in [5.41, 5.74) is 1.77. The molecule has 0 amide bonds. The molecule has 1 fully saturated rings. The van der Waals surface area contributed by atoms with Gasteiger partial charge >= 0.3 is 0 Å². The summed E-state index contributed by atoms with van der Waals surface area (Å²) in [4.78, 5) is 2.67. The van der Waals surface area contributed by atoms with E-state index in [1.54, 1.807) is 0 Å². The van der Waals surface area contributed by atoms with Crippen molar-refractivity contribution in [2.45, 2.75) is 45.2 Å². The molecule has 0 bridgehead atoms. The molecule has 0 aromatic heterocycles. The predicted octanol–water partition coefficient (Wildman–Crippen LogP) is 3.21. The summed E-state index contributed by atoms with van der Waals surface area (Å²) in [6.45, 7) is 10.4. The average molecular weight is 246 g/mol. The van der Waals surface area contributed by atoms with E-state index in [1.165, 1.54) is 24.9 Å². The van der Waals surface area contributed by atoms with Crippen molar-refractivity contribution in [1.82, 2.24) is 10.2 Å². The van der Waals surface area contributed by atoms with Gasteiger partial charge in [0.2, 0.25) is 0 Å². The maximum atomic E-state index is 3.64. The predicted molar refractivity (Wildman–Crippen MR) is 77.7 cm³/mol. The molecule has 1 unspecified atom stereocenters. The van der Waals surface area contributed by atoms with E-state index < -0.39 is 0 Å². The second-order valence-corrected chi connectivity index (χ2v) is 5.57. The van der Waals surface area contributed by atoms with Crippen LogP contribution in [0.3, 0.4) is 0 Å². The van der Waals surface area contributed by atoms with Gasteiger partial charge in [0.25, 0.3) is 0 Å². The molecular weight excluding hydrogens is 220 g/mol. The molecule has 0 saturated carbocycles. The van der Waals surface area contributed by atoms with Crippen LogP contribution in [-0.2, 0) is 0 Å². The first-order valence-corrected chi connectivity index (χ1v) is 7.23. The Morgan fingerprint density at radius 1 is 1.22 bits per heavy atom. The molecule has 1 heterocycles. The highest BCUT2D eigenvalue weighted by atomic mass is 15.2. The number of piperazine rings is 1. The molecule has 0 spiro atoms. The van der Waals surface area contributed by atoms with Crippen molar-refractivity contribution in [2.24, 2.45) is 0 Å². The summed E-state index contributed by atoms with van der Waals surface area (Å²) >= 11 is 0. The molecule has 1 aliphatic heterocycles. The van der Waals surface area contributed by atoms with Crippen LogP contribution in [0, 0.1) is 0 Å². The van der Waals surface area contributed by atoms with Crippen LogP contribution in [0.25, 0.3) is 0 Å². The van der Waals surface area contributed by atoms with E-state index in [0.717, 1.165) is 13.1 Å². The SMILES string of the molecule is CCC(C)(CC)N1CCNC(c2ccccc2)C1. The summed E-state index contributed by atoms with van der Waals surface area (Å²) in [5, 5.41) is 3.64. The molecule has 0 aliphatic carbocycles. The lowest BCUT2D eigenvalue weighted by atomic mass is 9.91. The van der Waals surface area contributed by atoms with Crippen LogP contribution in [0.5, 0.6) is 0 Å². The summed E-state index contributed by atoms with van der Waals surface area (Å²) in [7, 11) is 0. The topological polar surface area (TPSA) is 15.3 Å². The van der Waals surface area contributed by atoms with Crippen molar-refractivity contribution in [3.63, 3.8) is 0 Å². The first kappa shape index (κ1) is 13.6. The van der Waals surface area contributed by atoms with Crippen molar-refractivity contribution in [1.29, 1.82) is 0 Å². The van der Waals surface area contributed by atoms with E-state index in [0.29, 0.717) is 11.6 Å². The summed E-state index contributed by atoms with van der Waals surface area (Å²) < 4.78 is 0. The Morgan fingerprint density at radius 2 is 1.89 bits per heavy atom. The minimum absolute atomic E-state index is 0.356. The van der Waals surface area contributed by atoms with Gasteiger partial charge in [-0.25, -0.2) is 0 Å². The fourth-order valence-electron chi connectivity index (χ4n) is 2.85. The molecule has 2 rings (SSSR count). The van der Waals surface area contributed by atoms with Crippen molar-refractivity contribution in [3.05, 3.63) is 35.9 Å². The average Bonchev–Trinajstić information content (AvgIpc) is 2.47. The first-order valence-electron chi connectivity index (χ1n) is 7.23. The quantitative estimate of drug-likeness (QED) is 0.877. The molecule has 18 heavy (non-hydrogen) atoms. The molecule has 1 atom stereocenters. The van der Waals surface area contributed by atoms with Crippen LogP contribution in [0.15, 0.2) is 30.3 Å². The van der Waals surface area contributed by atoms with Crippen LogP contribution < -0.4 is 5.32 Å². The minimum Gasteiger partial charge on any atom is -0.308 e. The maximum absolute atomic E-state index is 3.64. The number of nitrogens with one attached hydrogen (secondary N) is 1. The highest BCUT2D eigenvalue weighted by Crippen LogP contribution is 2.27. The number of hydrogen-bond donors (Lipinski definition) is 1. The maximum Gasteiger partial charge on any atom is 0.0449 e.